The van der Waals surface area contributed by atoms with Gasteiger partial charge in [-0.05, 0) is 30.1 Å². The van der Waals surface area contributed by atoms with Crippen molar-refractivity contribution in [1.29, 1.82) is 0 Å². The average molecular weight is 277 g/mol. The van der Waals surface area contributed by atoms with Gasteiger partial charge in [0, 0.05) is 18.4 Å². The van der Waals surface area contributed by atoms with Gasteiger partial charge in [-0.25, -0.2) is 14.8 Å². The highest BCUT2D eigenvalue weighted by Crippen LogP contribution is 2.46. The monoisotopic (exact) mass is 277 g/mol. The lowest BCUT2D eigenvalue weighted by molar-refractivity contribution is 0.0691. The second-order valence-electron chi connectivity index (χ2n) is 7.31. The number of nitrogens with one attached hydrogen (secondary N) is 1. The lowest BCUT2D eigenvalue weighted by atomic mass is 9.63. The molecule has 1 heterocycles. The van der Waals surface area contributed by atoms with E-state index < -0.39 is 5.97 Å². The fourth-order valence-corrected chi connectivity index (χ4v) is 3.74. The summed E-state index contributed by atoms with van der Waals surface area (Å²) >= 11 is 0. The Labute approximate surface area is 119 Å². The van der Waals surface area contributed by atoms with Crippen LogP contribution in [0.25, 0.3) is 0 Å². The summed E-state index contributed by atoms with van der Waals surface area (Å²) in [7, 11) is 0. The van der Waals surface area contributed by atoms with Gasteiger partial charge in [-0.1, -0.05) is 27.7 Å². The zero-order valence-corrected chi connectivity index (χ0v) is 12.6. The summed E-state index contributed by atoms with van der Waals surface area (Å²) in [6.07, 6.45) is 6.11. The summed E-state index contributed by atoms with van der Waals surface area (Å²) in [6.45, 7) is 9.05. The maximum Gasteiger partial charge on any atom is 0.358 e. The standard InChI is InChI=1S/C15H23N3O2/c1-14(2)7-10(8-15(3,4)9-14)18-12-11(13(19)20)16-5-6-17-12/h5-6,10H,7-9H2,1-4H3,(H,17,18)(H,19,20). The van der Waals surface area contributed by atoms with Gasteiger partial charge >= 0.3 is 5.97 Å². The van der Waals surface area contributed by atoms with Gasteiger partial charge in [-0.3, -0.25) is 0 Å². The number of anilines is 1. The molecule has 0 radical (unpaired) electrons. The Hall–Kier alpha value is -1.65. The molecule has 110 valence electrons. The average Bonchev–Trinajstić information content (AvgIpc) is 2.24. The summed E-state index contributed by atoms with van der Waals surface area (Å²) < 4.78 is 0. The predicted molar refractivity (Wildman–Crippen MR) is 77.8 cm³/mol. The number of rotatable bonds is 3. The van der Waals surface area contributed by atoms with Crippen molar-refractivity contribution in [2.75, 3.05) is 5.32 Å². The van der Waals surface area contributed by atoms with E-state index >= 15 is 0 Å². The fraction of sp³-hybridized carbons (Fsp3) is 0.667. The molecule has 2 N–H and O–H groups in total. The lowest BCUT2D eigenvalue weighted by Crippen LogP contribution is -2.40. The largest absolute Gasteiger partial charge is 0.476 e. The Kier molecular flexibility index (Phi) is 3.71. The Morgan fingerprint density at radius 1 is 1.20 bits per heavy atom. The first-order valence-corrected chi connectivity index (χ1v) is 6.99. The van der Waals surface area contributed by atoms with E-state index in [-0.39, 0.29) is 22.6 Å². The van der Waals surface area contributed by atoms with Crippen molar-refractivity contribution in [2.45, 2.75) is 53.0 Å². The topological polar surface area (TPSA) is 75.1 Å². The van der Waals surface area contributed by atoms with Crippen LogP contribution in [-0.4, -0.2) is 27.1 Å². The maximum atomic E-state index is 11.2. The van der Waals surface area contributed by atoms with Crippen molar-refractivity contribution < 1.29 is 9.90 Å². The molecule has 0 aliphatic heterocycles. The number of carboxylic acids is 1. The highest BCUT2D eigenvalue weighted by molar-refractivity contribution is 5.90. The van der Waals surface area contributed by atoms with E-state index in [0.717, 1.165) is 12.8 Å². The molecular formula is C15H23N3O2. The van der Waals surface area contributed by atoms with E-state index in [0.29, 0.717) is 5.82 Å². The molecule has 1 fully saturated rings. The molecule has 2 rings (SSSR count). The Balaban J connectivity index is 2.20. The maximum absolute atomic E-state index is 11.2. The van der Waals surface area contributed by atoms with E-state index in [1.54, 1.807) is 0 Å². The van der Waals surface area contributed by atoms with E-state index in [1.807, 2.05) is 0 Å². The number of hydrogen-bond donors (Lipinski definition) is 2. The lowest BCUT2D eigenvalue weighted by Gasteiger charge is -2.45. The molecule has 0 spiro atoms. The highest BCUT2D eigenvalue weighted by atomic mass is 16.4. The minimum Gasteiger partial charge on any atom is -0.476 e. The molecule has 0 amide bonds. The number of nitrogens with zero attached hydrogens (tertiary/aromatic N) is 2. The molecule has 1 saturated carbocycles. The van der Waals surface area contributed by atoms with Crippen LogP contribution in [0.2, 0.25) is 0 Å². The number of aromatic nitrogens is 2. The number of carboxylic acid groups (broad SMARTS) is 1. The third-order valence-corrected chi connectivity index (χ3v) is 3.80. The zero-order chi connectivity index (χ0) is 15.0. The molecule has 0 atom stereocenters. The second kappa shape index (κ2) is 5.04. The molecule has 5 nitrogen and oxygen atoms in total. The van der Waals surface area contributed by atoms with E-state index in [1.165, 1.54) is 18.8 Å². The van der Waals surface area contributed by atoms with Crippen molar-refractivity contribution in [1.82, 2.24) is 9.97 Å². The Morgan fingerprint density at radius 3 is 2.30 bits per heavy atom. The summed E-state index contributed by atoms with van der Waals surface area (Å²) in [4.78, 5) is 19.2. The molecule has 1 aromatic rings. The van der Waals surface area contributed by atoms with Crippen molar-refractivity contribution in [2.24, 2.45) is 10.8 Å². The molecular weight excluding hydrogens is 254 g/mol. The first-order chi connectivity index (χ1) is 9.19. The van der Waals surface area contributed by atoms with Crippen molar-refractivity contribution >= 4 is 11.8 Å². The van der Waals surface area contributed by atoms with Gasteiger partial charge in [0.05, 0.1) is 0 Å². The normalized spacial score (nSPS) is 21.4. The van der Waals surface area contributed by atoms with Gasteiger partial charge in [0.25, 0.3) is 0 Å². The summed E-state index contributed by atoms with van der Waals surface area (Å²) in [5, 5.41) is 12.4. The third kappa shape index (κ3) is 3.46. The van der Waals surface area contributed by atoms with Gasteiger partial charge in [-0.15, -0.1) is 0 Å². The van der Waals surface area contributed by atoms with Crippen molar-refractivity contribution in [3.05, 3.63) is 18.1 Å². The molecule has 1 aliphatic carbocycles. The molecule has 0 aromatic carbocycles. The van der Waals surface area contributed by atoms with E-state index in [9.17, 15) is 4.79 Å². The number of aromatic carboxylic acids is 1. The van der Waals surface area contributed by atoms with Crippen molar-refractivity contribution in [3.8, 4) is 0 Å². The summed E-state index contributed by atoms with van der Waals surface area (Å²) in [5.41, 5.74) is 0.476. The van der Waals surface area contributed by atoms with Crippen LogP contribution in [0.4, 0.5) is 5.82 Å². The summed E-state index contributed by atoms with van der Waals surface area (Å²) in [6, 6.07) is 0.226. The zero-order valence-electron chi connectivity index (χ0n) is 12.6. The van der Waals surface area contributed by atoms with Gasteiger partial charge in [-0.2, -0.15) is 0 Å². The van der Waals surface area contributed by atoms with E-state index in [2.05, 4.69) is 43.0 Å². The predicted octanol–water partition coefficient (Wildman–Crippen LogP) is 3.19. The van der Waals surface area contributed by atoms with Crippen LogP contribution in [0.1, 0.15) is 57.4 Å². The van der Waals surface area contributed by atoms with Crippen LogP contribution in [0.5, 0.6) is 0 Å². The molecule has 5 heteroatoms. The highest BCUT2D eigenvalue weighted by Gasteiger charge is 2.38. The van der Waals surface area contributed by atoms with E-state index in [4.69, 9.17) is 5.11 Å². The van der Waals surface area contributed by atoms with Gasteiger partial charge in [0.1, 0.15) is 0 Å². The Morgan fingerprint density at radius 2 is 1.75 bits per heavy atom. The summed E-state index contributed by atoms with van der Waals surface area (Å²) in [5.74, 6) is -0.673. The molecule has 20 heavy (non-hydrogen) atoms. The third-order valence-electron chi connectivity index (χ3n) is 3.80. The molecule has 1 aromatic heterocycles. The smallest absolute Gasteiger partial charge is 0.358 e. The SMILES string of the molecule is CC1(C)CC(Nc2nccnc2C(=O)O)CC(C)(C)C1. The minimum atomic E-state index is -1.05. The first-order valence-electron chi connectivity index (χ1n) is 6.99. The molecule has 0 saturated heterocycles. The van der Waals surface area contributed by atoms with Crippen molar-refractivity contribution in [3.63, 3.8) is 0 Å². The molecule has 0 bridgehead atoms. The van der Waals surface area contributed by atoms with Crippen LogP contribution in [0.15, 0.2) is 12.4 Å². The number of hydrogen-bond acceptors (Lipinski definition) is 4. The second-order valence-corrected chi connectivity index (χ2v) is 7.31. The molecule has 0 unspecified atom stereocenters. The fourth-order valence-electron chi connectivity index (χ4n) is 3.74. The number of carbonyl (C=O) groups is 1. The van der Waals surface area contributed by atoms with Crippen LogP contribution >= 0.6 is 0 Å². The first kappa shape index (κ1) is 14.8. The minimum absolute atomic E-state index is 0.00585. The van der Waals surface area contributed by atoms with Crippen LogP contribution < -0.4 is 5.32 Å². The van der Waals surface area contributed by atoms with Gasteiger partial charge in [0.2, 0.25) is 0 Å². The van der Waals surface area contributed by atoms with Crippen LogP contribution in [0.3, 0.4) is 0 Å². The van der Waals surface area contributed by atoms with Gasteiger partial charge in [0.15, 0.2) is 11.5 Å². The molecule has 1 aliphatic rings. The van der Waals surface area contributed by atoms with Crippen LogP contribution in [0, 0.1) is 10.8 Å². The Bertz CT molecular complexity index is 496. The quantitative estimate of drug-likeness (QED) is 0.887. The van der Waals surface area contributed by atoms with Gasteiger partial charge < -0.3 is 10.4 Å². The van der Waals surface area contributed by atoms with Crippen LogP contribution in [-0.2, 0) is 0 Å².